The molecule has 5 nitrogen and oxygen atoms in total. The van der Waals surface area contributed by atoms with Gasteiger partial charge in [-0.05, 0) is 66.8 Å². The number of rotatable bonds is 8. The molecule has 168 valence electrons. The van der Waals surface area contributed by atoms with Crippen LogP contribution in [0.1, 0.15) is 58.1 Å². The fourth-order valence-corrected chi connectivity index (χ4v) is 3.69. The summed E-state index contributed by atoms with van der Waals surface area (Å²) in [6, 6.07) is 9.71. The molecule has 0 N–H and O–H groups in total. The lowest BCUT2D eigenvalue weighted by Gasteiger charge is -2.17. The molecular formula is C26H29ClN2O3. The second-order valence-electron chi connectivity index (χ2n) is 8.15. The van der Waals surface area contributed by atoms with Crippen LogP contribution < -0.4 is 9.47 Å². The van der Waals surface area contributed by atoms with Crippen molar-refractivity contribution in [3.8, 4) is 11.5 Å². The zero-order valence-electron chi connectivity index (χ0n) is 19.4. The Morgan fingerprint density at radius 3 is 2.56 bits per heavy atom. The lowest BCUT2D eigenvalue weighted by molar-refractivity contribution is 0.104. The number of nitrogens with zero attached hydrogens (tertiary/aromatic N) is 2. The molecule has 0 fully saturated rings. The second kappa shape index (κ2) is 10.0. The molecular weight excluding hydrogens is 424 g/mol. The summed E-state index contributed by atoms with van der Waals surface area (Å²) in [5.74, 6) is 1.74. The SMILES string of the molecule is COc1ccc(/C=C/C(=O)c2cn(C)nc2C)cc1COc1cc(C)c(Cl)cc1C(C)C. The third-order valence-electron chi connectivity index (χ3n) is 5.31. The highest BCUT2D eigenvalue weighted by molar-refractivity contribution is 6.31. The van der Waals surface area contributed by atoms with Crippen LogP contribution in [0.15, 0.2) is 42.6 Å². The van der Waals surface area contributed by atoms with Crippen LogP contribution in [-0.2, 0) is 13.7 Å². The van der Waals surface area contributed by atoms with Crippen LogP contribution in [0.25, 0.3) is 6.08 Å². The van der Waals surface area contributed by atoms with Crippen LogP contribution in [-0.4, -0.2) is 22.7 Å². The quantitative estimate of drug-likeness (QED) is 0.297. The maximum absolute atomic E-state index is 12.5. The summed E-state index contributed by atoms with van der Waals surface area (Å²) < 4.78 is 13.4. The van der Waals surface area contributed by atoms with E-state index in [1.807, 2.05) is 44.2 Å². The predicted octanol–water partition coefficient (Wildman–Crippen LogP) is 6.30. The van der Waals surface area contributed by atoms with E-state index in [-0.39, 0.29) is 11.7 Å². The Labute approximate surface area is 194 Å². The zero-order chi connectivity index (χ0) is 23.4. The molecule has 0 saturated heterocycles. The molecule has 0 spiro atoms. The van der Waals surface area contributed by atoms with Gasteiger partial charge in [0.25, 0.3) is 0 Å². The second-order valence-corrected chi connectivity index (χ2v) is 8.56. The van der Waals surface area contributed by atoms with Gasteiger partial charge in [0.1, 0.15) is 18.1 Å². The number of allylic oxidation sites excluding steroid dienone is 1. The number of aryl methyl sites for hydroxylation is 3. The van der Waals surface area contributed by atoms with Crippen LogP contribution >= 0.6 is 11.6 Å². The first kappa shape index (κ1) is 23.6. The van der Waals surface area contributed by atoms with Crippen molar-refractivity contribution in [1.82, 2.24) is 9.78 Å². The molecule has 0 aliphatic carbocycles. The van der Waals surface area contributed by atoms with Crippen molar-refractivity contribution in [2.75, 3.05) is 7.11 Å². The van der Waals surface area contributed by atoms with Gasteiger partial charge in [-0.2, -0.15) is 5.10 Å². The minimum absolute atomic E-state index is 0.0811. The Morgan fingerprint density at radius 2 is 1.94 bits per heavy atom. The van der Waals surface area contributed by atoms with E-state index in [2.05, 4.69) is 18.9 Å². The highest BCUT2D eigenvalue weighted by Gasteiger charge is 2.13. The summed E-state index contributed by atoms with van der Waals surface area (Å²) >= 11 is 6.32. The topological polar surface area (TPSA) is 53.4 Å². The van der Waals surface area contributed by atoms with E-state index < -0.39 is 0 Å². The van der Waals surface area contributed by atoms with E-state index in [1.165, 1.54) is 0 Å². The fourth-order valence-electron chi connectivity index (χ4n) is 3.52. The van der Waals surface area contributed by atoms with Gasteiger partial charge in [0.05, 0.1) is 18.4 Å². The molecule has 2 aromatic carbocycles. The van der Waals surface area contributed by atoms with Gasteiger partial charge in [0, 0.05) is 23.8 Å². The van der Waals surface area contributed by atoms with Gasteiger partial charge in [-0.1, -0.05) is 37.6 Å². The Kier molecular flexibility index (Phi) is 7.41. The minimum Gasteiger partial charge on any atom is -0.496 e. The molecule has 0 aliphatic rings. The molecule has 0 bridgehead atoms. The van der Waals surface area contributed by atoms with E-state index in [4.69, 9.17) is 21.1 Å². The molecule has 3 rings (SSSR count). The first-order valence-corrected chi connectivity index (χ1v) is 10.9. The van der Waals surface area contributed by atoms with Crippen LogP contribution in [0, 0.1) is 13.8 Å². The molecule has 0 saturated carbocycles. The number of benzene rings is 2. The number of carbonyl (C=O) groups excluding carboxylic acids is 1. The highest BCUT2D eigenvalue weighted by atomic mass is 35.5. The fraction of sp³-hybridized carbons (Fsp3) is 0.308. The van der Waals surface area contributed by atoms with Gasteiger partial charge in [-0.3, -0.25) is 9.48 Å². The largest absolute Gasteiger partial charge is 0.496 e. The average molecular weight is 453 g/mol. The van der Waals surface area contributed by atoms with Crippen LogP contribution in [0.4, 0.5) is 0 Å². The van der Waals surface area contributed by atoms with Crippen molar-refractivity contribution in [1.29, 1.82) is 0 Å². The van der Waals surface area contributed by atoms with Gasteiger partial charge in [0.15, 0.2) is 5.78 Å². The Hall–Kier alpha value is -3.05. The van der Waals surface area contributed by atoms with E-state index in [0.717, 1.165) is 38.8 Å². The highest BCUT2D eigenvalue weighted by Crippen LogP contribution is 2.33. The zero-order valence-corrected chi connectivity index (χ0v) is 20.2. The van der Waals surface area contributed by atoms with Gasteiger partial charge < -0.3 is 9.47 Å². The lowest BCUT2D eigenvalue weighted by Crippen LogP contribution is -2.03. The number of aromatic nitrogens is 2. The molecule has 3 aromatic rings. The summed E-state index contributed by atoms with van der Waals surface area (Å²) in [5.41, 5.74) is 5.12. The van der Waals surface area contributed by atoms with Crippen molar-refractivity contribution in [3.63, 3.8) is 0 Å². The molecule has 0 unspecified atom stereocenters. The number of hydrogen-bond donors (Lipinski definition) is 0. The van der Waals surface area contributed by atoms with Crippen molar-refractivity contribution in [3.05, 3.63) is 81.1 Å². The Bertz CT molecular complexity index is 1160. The number of carbonyl (C=O) groups is 1. The lowest BCUT2D eigenvalue weighted by atomic mass is 10.0. The molecule has 0 amide bonds. The molecule has 0 aliphatic heterocycles. The Balaban J connectivity index is 1.82. The van der Waals surface area contributed by atoms with Gasteiger partial charge in [-0.15, -0.1) is 0 Å². The first-order chi connectivity index (χ1) is 15.2. The van der Waals surface area contributed by atoms with E-state index >= 15 is 0 Å². The van der Waals surface area contributed by atoms with E-state index in [1.54, 1.807) is 37.2 Å². The number of methoxy groups -OCH3 is 1. The number of halogens is 1. The van der Waals surface area contributed by atoms with Crippen LogP contribution in [0.5, 0.6) is 11.5 Å². The Morgan fingerprint density at radius 1 is 1.19 bits per heavy atom. The summed E-state index contributed by atoms with van der Waals surface area (Å²) in [5, 5.41) is 4.96. The molecule has 1 heterocycles. The molecule has 6 heteroatoms. The summed E-state index contributed by atoms with van der Waals surface area (Å²) in [6.07, 6.45) is 5.09. The van der Waals surface area contributed by atoms with E-state index in [0.29, 0.717) is 17.9 Å². The van der Waals surface area contributed by atoms with Crippen LogP contribution in [0.2, 0.25) is 5.02 Å². The first-order valence-electron chi connectivity index (χ1n) is 10.5. The van der Waals surface area contributed by atoms with Gasteiger partial charge in [0.2, 0.25) is 0 Å². The molecule has 0 atom stereocenters. The maximum atomic E-state index is 12.5. The molecule has 32 heavy (non-hydrogen) atoms. The standard InChI is InChI=1S/C26H29ClN2O3/c1-16(2)21-13-23(27)17(3)11-26(21)32-15-20-12-19(8-10-25(20)31-6)7-9-24(30)22-14-29(5)28-18(22)4/h7-14,16H,15H2,1-6H3/b9-7+. The number of ether oxygens (including phenoxy) is 2. The van der Waals surface area contributed by atoms with Crippen LogP contribution in [0.3, 0.4) is 0 Å². The molecule has 1 aromatic heterocycles. The summed E-state index contributed by atoms with van der Waals surface area (Å²) in [6.45, 7) is 8.35. The predicted molar refractivity (Wildman–Crippen MR) is 129 cm³/mol. The third kappa shape index (κ3) is 5.40. The van der Waals surface area contributed by atoms with Crippen molar-refractivity contribution in [2.24, 2.45) is 7.05 Å². The summed E-state index contributed by atoms with van der Waals surface area (Å²) in [4.78, 5) is 12.5. The maximum Gasteiger partial charge on any atom is 0.189 e. The number of hydrogen-bond acceptors (Lipinski definition) is 4. The third-order valence-corrected chi connectivity index (χ3v) is 5.71. The molecule has 0 radical (unpaired) electrons. The average Bonchev–Trinajstić information content (AvgIpc) is 3.10. The van der Waals surface area contributed by atoms with Crippen molar-refractivity contribution >= 4 is 23.5 Å². The monoisotopic (exact) mass is 452 g/mol. The summed E-state index contributed by atoms with van der Waals surface area (Å²) in [7, 11) is 3.44. The van der Waals surface area contributed by atoms with Gasteiger partial charge >= 0.3 is 0 Å². The minimum atomic E-state index is -0.0811. The normalized spacial score (nSPS) is 11.4. The number of ketones is 1. The van der Waals surface area contributed by atoms with Crippen molar-refractivity contribution in [2.45, 2.75) is 40.2 Å². The van der Waals surface area contributed by atoms with Crippen molar-refractivity contribution < 1.29 is 14.3 Å². The van der Waals surface area contributed by atoms with E-state index in [9.17, 15) is 4.79 Å². The smallest absolute Gasteiger partial charge is 0.189 e. The van der Waals surface area contributed by atoms with Gasteiger partial charge in [-0.25, -0.2) is 0 Å².